The molecule has 1 N–H and O–H groups in total. The first-order chi connectivity index (χ1) is 16.5. The minimum atomic E-state index is -3.94. The molecule has 0 atom stereocenters. The Balaban J connectivity index is 1.53. The van der Waals surface area contributed by atoms with E-state index < -0.39 is 15.9 Å². The summed E-state index contributed by atoms with van der Waals surface area (Å²) >= 11 is 0. The normalized spacial score (nSPS) is 14.0. The zero-order valence-electron chi connectivity index (χ0n) is 19.3. The summed E-state index contributed by atoms with van der Waals surface area (Å²) in [6.07, 6.45) is 5.44. The third-order valence-corrected chi connectivity index (χ3v) is 7.78. The van der Waals surface area contributed by atoms with Gasteiger partial charge in [-0.25, -0.2) is 8.42 Å². The molecule has 178 valence electrons. The van der Waals surface area contributed by atoms with Gasteiger partial charge in [0.05, 0.1) is 16.7 Å². The van der Waals surface area contributed by atoms with Crippen LogP contribution in [0.2, 0.25) is 0 Å². The van der Waals surface area contributed by atoms with E-state index in [1.54, 1.807) is 42.5 Å². The minimum absolute atomic E-state index is 0.141. The number of rotatable bonds is 9. The summed E-state index contributed by atoms with van der Waals surface area (Å²) in [5.74, 6) is 0.352. The molecule has 0 aromatic heterocycles. The Morgan fingerprint density at radius 1 is 0.941 bits per heavy atom. The summed E-state index contributed by atoms with van der Waals surface area (Å²) in [6.45, 7) is 1.62. The van der Waals surface area contributed by atoms with E-state index in [9.17, 15) is 13.2 Å². The highest BCUT2D eigenvalue weighted by molar-refractivity contribution is 7.92. The molecule has 0 spiro atoms. The maximum absolute atomic E-state index is 13.5. The van der Waals surface area contributed by atoms with Crippen LogP contribution in [-0.4, -0.2) is 27.0 Å². The van der Waals surface area contributed by atoms with Crippen LogP contribution >= 0.6 is 0 Å². The lowest BCUT2D eigenvalue weighted by Crippen LogP contribution is -2.38. The lowest BCUT2D eigenvalue weighted by Gasteiger charge is -2.26. The van der Waals surface area contributed by atoms with Crippen molar-refractivity contribution in [1.82, 2.24) is 0 Å². The molecule has 0 bridgehead atoms. The number of benzene rings is 3. The van der Waals surface area contributed by atoms with Gasteiger partial charge in [0.15, 0.2) is 0 Å². The topological polar surface area (TPSA) is 75.7 Å². The number of carbonyl (C=O) groups is 1. The van der Waals surface area contributed by atoms with Crippen LogP contribution in [-0.2, 0) is 21.2 Å². The Morgan fingerprint density at radius 2 is 1.59 bits per heavy atom. The molecule has 0 aliphatic heterocycles. The van der Waals surface area contributed by atoms with Crippen molar-refractivity contribution in [2.45, 2.75) is 50.0 Å². The second kappa shape index (κ2) is 10.7. The quantitative estimate of drug-likeness (QED) is 0.447. The maximum Gasteiger partial charge on any atom is 0.264 e. The number of carbonyl (C=O) groups excluding carboxylic acids is 1. The fourth-order valence-electron chi connectivity index (χ4n) is 4.22. The lowest BCUT2D eigenvalue weighted by atomic mass is 10.1. The zero-order chi connectivity index (χ0) is 24.0. The Labute approximate surface area is 201 Å². The largest absolute Gasteiger partial charge is 0.490 e. The van der Waals surface area contributed by atoms with Crippen molar-refractivity contribution in [1.29, 1.82) is 0 Å². The van der Waals surface area contributed by atoms with Crippen molar-refractivity contribution < 1.29 is 17.9 Å². The van der Waals surface area contributed by atoms with Gasteiger partial charge in [-0.1, -0.05) is 43.3 Å². The molecule has 1 aliphatic rings. The van der Waals surface area contributed by atoms with E-state index in [0.717, 1.165) is 24.2 Å². The molecule has 0 unspecified atom stereocenters. The van der Waals surface area contributed by atoms with E-state index in [1.165, 1.54) is 29.3 Å². The average molecular weight is 479 g/mol. The average Bonchev–Trinajstić information content (AvgIpc) is 3.37. The van der Waals surface area contributed by atoms with Gasteiger partial charge < -0.3 is 10.1 Å². The summed E-state index contributed by atoms with van der Waals surface area (Å²) in [5, 5.41) is 2.82. The van der Waals surface area contributed by atoms with Gasteiger partial charge in [0.2, 0.25) is 5.91 Å². The molecule has 1 fully saturated rings. The molecule has 0 heterocycles. The molecule has 3 aromatic carbocycles. The van der Waals surface area contributed by atoms with Crippen LogP contribution in [0, 0.1) is 0 Å². The number of aryl methyl sites for hydroxylation is 1. The number of nitrogens with one attached hydrogen (secondary N) is 1. The van der Waals surface area contributed by atoms with Gasteiger partial charge in [0.1, 0.15) is 12.3 Å². The molecule has 1 saturated carbocycles. The Bertz CT molecular complexity index is 1200. The number of amides is 1. The van der Waals surface area contributed by atoms with Crippen LogP contribution in [0.1, 0.15) is 38.2 Å². The Kier molecular flexibility index (Phi) is 7.53. The van der Waals surface area contributed by atoms with E-state index in [-0.39, 0.29) is 17.5 Å². The van der Waals surface area contributed by atoms with Crippen molar-refractivity contribution in [3.8, 4) is 5.75 Å². The number of para-hydroxylation sites is 1. The first-order valence-electron chi connectivity index (χ1n) is 11.7. The van der Waals surface area contributed by atoms with Crippen LogP contribution in [0.4, 0.5) is 11.4 Å². The molecule has 0 radical (unpaired) electrons. The Morgan fingerprint density at radius 3 is 2.26 bits per heavy atom. The highest BCUT2D eigenvalue weighted by Gasteiger charge is 2.28. The summed E-state index contributed by atoms with van der Waals surface area (Å²) in [6, 6.07) is 22.7. The van der Waals surface area contributed by atoms with Gasteiger partial charge in [-0.3, -0.25) is 9.10 Å². The second-order valence-corrected chi connectivity index (χ2v) is 10.3. The van der Waals surface area contributed by atoms with Crippen molar-refractivity contribution in [3.05, 3.63) is 84.4 Å². The Hall–Kier alpha value is -3.32. The molecule has 1 amide bonds. The fraction of sp³-hybridized carbons (Fsp3) is 0.296. The van der Waals surface area contributed by atoms with Crippen molar-refractivity contribution in [2.75, 3.05) is 16.2 Å². The van der Waals surface area contributed by atoms with Crippen LogP contribution < -0.4 is 14.4 Å². The van der Waals surface area contributed by atoms with Crippen LogP contribution in [0.5, 0.6) is 5.75 Å². The molecule has 34 heavy (non-hydrogen) atoms. The third-order valence-electron chi connectivity index (χ3n) is 6.00. The standard InChI is InChI=1S/C27H30N2O4S/c1-2-21-10-6-9-15-26(21)29(34(31,32)25-13-4-3-5-14-25)20-27(30)28-22-16-18-24(19-17-22)33-23-11-7-8-12-23/h3-6,9-10,13-19,23H,2,7-8,11-12,20H2,1H3,(H,28,30). The van der Waals surface area contributed by atoms with Gasteiger partial charge >= 0.3 is 0 Å². The predicted octanol–water partition coefficient (Wildman–Crippen LogP) is 5.40. The predicted molar refractivity (Wildman–Crippen MR) is 135 cm³/mol. The SMILES string of the molecule is CCc1ccccc1N(CC(=O)Nc1ccc(OC2CCCC2)cc1)S(=O)(=O)c1ccccc1. The molecule has 4 rings (SSSR count). The van der Waals surface area contributed by atoms with E-state index >= 15 is 0 Å². The highest BCUT2D eigenvalue weighted by atomic mass is 32.2. The van der Waals surface area contributed by atoms with Gasteiger partial charge in [0, 0.05) is 5.69 Å². The summed E-state index contributed by atoms with van der Waals surface area (Å²) < 4.78 is 34.2. The number of ether oxygens (including phenoxy) is 1. The van der Waals surface area contributed by atoms with E-state index in [4.69, 9.17) is 4.74 Å². The molecular formula is C27H30N2O4S. The molecule has 6 nitrogen and oxygen atoms in total. The smallest absolute Gasteiger partial charge is 0.264 e. The summed E-state index contributed by atoms with van der Waals surface area (Å²) in [4.78, 5) is 13.1. The maximum atomic E-state index is 13.5. The van der Waals surface area contributed by atoms with Gasteiger partial charge in [-0.15, -0.1) is 0 Å². The molecular weight excluding hydrogens is 448 g/mol. The van der Waals surface area contributed by atoms with Crippen LogP contribution in [0.3, 0.4) is 0 Å². The third kappa shape index (κ3) is 5.59. The van der Waals surface area contributed by atoms with Gasteiger partial charge in [-0.2, -0.15) is 0 Å². The molecule has 7 heteroatoms. The van der Waals surface area contributed by atoms with Gasteiger partial charge in [-0.05, 0) is 80.1 Å². The van der Waals surface area contributed by atoms with Crippen molar-refractivity contribution in [3.63, 3.8) is 0 Å². The lowest BCUT2D eigenvalue weighted by molar-refractivity contribution is -0.114. The number of sulfonamides is 1. The van der Waals surface area contributed by atoms with Crippen molar-refractivity contribution >= 4 is 27.3 Å². The minimum Gasteiger partial charge on any atom is -0.490 e. The van der Waals surface area contributed by atoms with Gasteiger partial charge in [0.25, 0.3) is 10.0 Å². The first-order valence-corrected chi connectivity index (χ1v) is 13.1. The molecule has 3 aromatic rings. The summed E-state index contributed by atoms with van der Waals surface area (Å²) in [7, 11) is -3.94. The highest BCUT2D eigenvalue weighted by Crippen LogP contribution is 2.28. The van der Waals surface area contributed by atoms with E-state index in [0.29, 0.717) is 17.8 Å². The van der Waals surface area contributed by atoms with Crippen LogP contribution in [0.25, 0.3) is 0 Å². The molecule has 1 aliphatic carbocycles. The number of hydrogen-bond acceptors (Lipinski definition) is 4. The first kappa shape index (κ1) is 23.8. The number of hydrogen-bond donors (Lipinski definition) is 1. The number of anilines is 2. The molecule has 0 saturated heterocycles. The van der Waals surface area contributed by atoms with Crippen LogP contribution in [0.15, 0.2) is 83.8 Å². The van der Waals surface area contributed by atoms with E-state index in [2.05, 4.69) is 5.32 Å². The monoisotopic (exact) mass is 478 g/mol. The fourth-order valence-corrected chi connectivity index (χ4v) is 5.70. The summed E-state index contributed by atoms with van der Waals surface area (Å²) in [5.41, 5.74) is 1.94. The zero-order valence-corrected chi connectivity index (χ0v) is 20.1. The van der Waals surface area contributed by atoms with Crippen molar-refractivity contribution in [2.24, 2.45) is 0 Å². The number of nitrogens with zero attached hydrogens (tertiary/aromatic N) is 1. The van der Waals surface area contributed by atoms with E-state index in [1.807, 2.05) is 31.2 Å². The second-order valence-electron chi connectivity index (χ2n) is 8.40.